The summed E-state index contributed by atoms with van der Waals surface area (Å²) in [5, 5.41) is 4.90. The maximum absolute atomic E-state index is 13.5. The van der Waals surface area contributed by atoms with E-state index >= 15 is 0 Å². The topological polar surface area (TPSA) is 106 Å². The van der Waals surface area contributed by atoms with Crippen molar-refractivity contribution in [3.05, 3.63) is 101 Å². The molecule has 0 radical (unpaired) electrons. The molecule has 0 saturated heterocycles. The molecule has 3 aromatic carbocycles. The lowest BCUT2D eigenvalue weighted by Crippen LogP contribution is -2.41. The molecule has 1 atom stereocenters. The standard InChI is InChI=1S/C29H27N3O5S2/c1-20-11-13-22(14-12-20)25-19-38-29(30-25)31-27(33)18-37-28(34)17-26-24-10-6-5-7-21(24)15-16-32(26)39(35,36)23-8-3-2-4-9-23/h2-14,19,26H,15-18H2,1H3,(H,30,31,33). The highest BCUT2D eigenvalue weighted by atomic mass is 32.2. The largest absolute Gasteiger partial charge is 0.456 e. The highest BCUT2D eigenvalue weighted by molar-refractivity contribution is 7.89. The number of amides is 1. The number of hydrogen-bond acceptors (Lipinski definition) is 7. The SMILES string of the molecule is Cc1ccc(-c2csc(NC(=O)COC(=O)CC3c4ccccc4CCN3S(=O)(=O)c3ccccc3)n2)cc1. The molecule has 8 nitrogen and oxygen atoms in total. The van der Waals surface area contributed by atoms with Crippen LogP contribution in [-0.2, 0) is 30.8 Å². The number of carbonyl (C=O) groups excluding carboxylic acids is 2. The summed E-state index contributed by atoms with van der Waals surface area (Å²) in [7, 11) is -3.86. The van der Waals surface area contributed by atoms with Gasteiger partial charge < -0.3 is 4.74 Å². The Labute approximate surface area is 231 Å². The van der Waals surface area contributed by atoms with Crippen molar-refractivity contribution in [1.82, 2.24) is 9.29 Å². The summed E-state index contributed by atoms with van der Waals surface area (Å²) >= 11 is 1.28. The number of nitrogens with zero attached hydrogens (tertiary/aromatic N) is 2. The minimum absolute atomic E-state index is 0.163. The van der Waals surface area contributed by atoms with Crippen LogP contribution in [0.4, 0.5) is 5.13 Å². The van der Waals surface area contributed by atoms with Gasteiger partial charge in [0.1, 0.15) is 0 Å². The summed E-state index contributed by atoms with van der Waals surface area (Å²) < 4.78 is 33.6. The van der Waals surface area contributed by atoms with Gasteiger partial charge in [0.15, 0.2) is 11.7 Å². The van der Waals surface area contributed by atoms with Crippen LogP contribution < -0.4 is 5.32 Å². The second-order valence-corrected chi connectivity index (χ2v) is 12.0. The molecule has 1 aromatic heterocycles. The molecular formula is C29H27N3O5S2. The van der Waals surface area contributed by atoms with Gasteiger partial charge >= 0.3 is 5.97 Å². The van der Waals surface area contributed by atoms with Gasteiger partial charge in [0.2, 0.25) is 10.0 Å². The summed E-state index contributed by atoms with van der Waals surface area (Å²) in [5.41, 5.74) is 4.56. The average molecular weight is 562 g/mol. The molecule has 5 rings (SSSR count). The van der Waals surface area contributed by atoms with Crippen LogP contribution in [0.25, 0.3) is 11.3 Å². The first-order valence-electron chi connectivity index (χ1n) is 12.4. The van der Waals surface area contributed by atoms with Crippen molar-refractivity contribution in [2.24, 2.45) is 0 Å². The molecule has 4 aromatic rings. The quantitative estimate of drug-likeness (QED) is 0.304. The van der Waals surface area contributed by atoms with Gasteiger partial charge in [-0.05, 0) is 36.6 Å². The van der Waals surface area contributed by atoms with Crippen LogP contribution in [0.2, 0.25) is 0 Å². The number of anilines is 1. The number of benzene rings is 3. The third kappa shape index (κ3) is 6.08. The van der Waals surface area contributed by atoms with Crippen LogP contribution in [-0.4, -0.2) is 42.7 Å². The predicted octanol–water partition coefficient (Wildman–Crippen LogP) is 4.98. The molecule has 1 unspecified atom stereocenters. The molecule has 1 amide bonds. The van der Waals surface area contributed by atoms with E-state index in [1.807, 2.05) is 60.8 Å². The van der Waals surface area contributed by atoms with Gasteiger partial charge in [0.05, 0.1) is 23.1 Å². The second-order valence-electron chi connectivity index (χ2n) is 9.21. The molecule has 0 spiro atoms. The number of sulfonamides is 1. The number of thiazole rings is 1. The summed E-state index contributed by atoms with van der Waals surface area (Å²) in [6.07, 6.45) is 0.319. The van der Waals surface area contributed by atoms with Gasteiger partial charge in [-0.1, -0.05) is 72.3 Å². The molecule has 1 N–H and O–H groups in total. The molecule has 0 fully saturated rings. The molecule has 1 aliphatic heterocycles. The fourth-order valence-electron chi connectivity index (χ4n) is 4.56. The summed E-state index contributed by atoms with van der Waals surface area (Å²) in [4.78, 5) is 29.9. The van der Waals surface area contributed by atoms with Crippen LogP contribution in [0.15, 0.2) is 89.1 Å². The molecule has 10 heteroatoms. The number of nitrogens with one attached hydrogen (secondary N) is 1. The Morgan fingerprint density at radius 3 is 2.51 bits per heavy atom. The van der Waals surface area contributed by atoms with E-state index in [2.05, 4.69) is 10.3 Å². The first-order valence-corrected chi connectivity index (χ1v) is 14.8. The van der Waals surface area contributed by atoms with E-state index in [1.165, 1.54) is 15.6 Å². The zero-order chi connectivity index (χ0) is 27.4. The average Bonchev–Trinajstić information content (AvgIpc) is 3.41. The van der Waals surface area contributed by atoms with Gasteiger partial charge in [0.25, 0.3) is 5.91 Å². The van der Waals surface area contributed by atoms with Crippen molar-refractivity contribution >= 4 is 38.4 Å². The van der Waals surface area contributed by atoms with E-state index in [-0.39, 0.29) is 17.9 Å². The predicted molar refractivity (Wildman–Crippen MR) is 150 cm³/mol. The van der Waals surface area contributed by atoms with Crippen molar-refractivity contribution in [2.45, 2.75) is 30.7 Å². The molecule has 0 bridgehead atoms. The van der Waals surface area contributed by atoms with E-state index in [0.29, 0.717) is 11.6 Å². The maximum atomic E-state index is 13.5. The lowest BCUT2D eigenvalue weighted by molar-refractivity contribution is -0.148. The molecule has 0 aliphatic carbocycles. The number of esters is 1. The van der Waals surface area contributed by atoms with Gasteiger partial charge in [-0.25, -0.2) is 13.4 Å². The lowest BCUT2D eigenvalue weighted by atomic mass is 9.92. The molecule has 2 heterocycles. The maximum Gasteiger partial charge on any atom is 0.308 e. The Balaban J connectivity index is 1.24. The van der Waals surface area contributed by atoms with Gasteiger partial charge in [0, 0.05) is 17.5 Å². The molecule has 1 aliphatic rings. The smallest absolute Gasteiger partial charge is 0.308 e. The van der Waals surface area contributed by atoms with Crippen molar-refractivity contribution in [1.29, 1.82) is 0 Å². The highest BCUT2D eigenvalue weighted by Crippen LogP contribution is 2.36. The van der Waals surface area contributed by atoms with Gasteiger partial charge in [-0.15, -0.1) is 11.3 Å². The first-order chi connectivity index (χ1) is 18.8. The molecule has 200 valence electrons. The number of aromatic nitrogens is 1. The zero-order valence-electron chi connectivity index (χ0n) is 21.2. The van der Waals surface area contributed by atoms with Crippen LogP contribution in [0.3, 0.4) is 0 Å². The van der Waals surface area contributed by atoms with Crippen LogP contribution in [0.5, 0.6) is 0 Å². The van der Waals surface area contributed by atoms with E-state index < -0.39 is 34.5 Å². The number of hydrogen-bond donors (Lipinski definition) is 1. The molecular weight excluding hydrogens is 534 g/mol. The van der Waals surface area contributed by atoms with Crippen LogP contribution >= 0.6 is 11.3 Å². The van der Waals surface area contributed by atoms with Gasteiger partial charge in [-0.2, -0.15) is 4.31 Å². The Kier molecular flexibility index (Phi) is 7.87. The number of rotatable bonds is 8. The van der Waals surface area contributed by atoms with E-state index in [4.69, 9.17) is 4.74 Å². The third-order valence-corrected chi connectivity index (χ3v) is 9.22. The zero-order valence-corrected chi connectivity index (χ0v) is 22.9. The van der Waals surface area contributed by atoms with Crippen molar-refractivity contribution in [3.63, 3.8) is 0 Å². The Hall–Kier alpha value is -3.86. The van der Waals surface area contributed by atoms with Crippen molar-refractivity contribution < 1.29 is 22.7 Å². The van der Waals surface area contributed by atoms with Crippen molar-refractivity contribution in [2.75, 3.05) is 18.5 Å². The Bertz CT molecular complexity index is 1580. The van der Waals surface area contributed by atoms with Crippen LogP contribution in [0, 0.1) is 6.92 Å². The second kappa shape index (κ2) is 11.5. The third-order valence-electron chi connectivity index (χ3n) is 6.54. The Morgan fingerprint density at radius 2 is 1.74 bits per heavy atom. The fourth-order valence-corrected chi connectivity index (χ4v) is 6.92. The van der Waals surface area contributed by atoms with E-state index in [9.17, 15) is 18.0 Å². The fraction of sp³-hybridized carbons (Fsp3) is 0.207. The van der Waals surface area contributed by atoms with Crippen molar-refractivity contribution in [3.8, 4) is 11.3 Å². The summed E-state index contributed by atoms with van der Waals surface area (Å²) in [6.45, 7) is 1.74. The first kappa shape index (κ1) is 26.7. The minimum Gasteiger partial charge on any atom is -0.456 e. The normalized spacial score (nSPS) is 15.4. The van der Waals surface area contributed by atoms with E-state index in [0.717, 1.165) is 27.9 Å². The summed E-state index contributed by atoms with van der Waals surface area (Å²) in [5.74, 6) is -1.19. The van der Waals surface area contributed by atoms with Gasteiger partial charge in [-0.3, -0.25) is 14.9 Å². The number of carbonyl (C=O) groups is 2. The number of aryl methyl sites for hydroxylation is 1. The van der Waals surface area contributed by atoms with E-state index in [1.54, 1.807) is 30.3 Å². The molecule has 39 heavy (non-hydrogen) atoms. The number of fused-ring (bicyclic) bond motifs is 1. The molecule has 0 saturated carbocycles. The summed E-state index contributed by atoms with van der Waals surface area (Å²) in [6, 6.07) is 22.8. The van der Waals surface area contributed by atoms with Crippen LogP contribution in [0.1, 0.15) is 29.2 Å². The minimum atomic E-state index is -3.86. The Morgan fingerprint density at radius 1 is 1.03 bits per heavy atom. The number of ether oxygens (including phenoxy) is 1. The lowest BCUT2D eigenvalue weighted by Gasteiger charge is -2.36. The highest BCUT2D eigenvalue weighted by Gasteiger charge is 2.37. The monoisotopic (exact) mass is 561 g/mol.